The van der Waals surface area contributed by atoms with Crippen LogP contribution in [0.3, 0.4) is 0 Å². The van der Waals surface area contributed by atoms with Crippen LogP contribution in [0.15, 0.2) is 48.7 Å². The third-order valence-corrected chi connectivity index (χ3v) is 4.82. The van der Waals surface area contributed by atoms with Crippen LogP contribution in [0.25, 0.3) is 10.9 Å². The molecule has 25 heavy (non-hydrogen) atoms. The minimum absolute atomic E-state index is 0.0943. The van der Waals surface area contributed by atoms with Crippen LogP contribution in [-0.4, -0.2) is 22.3 Å². The van der Waals surface area contributed by atoms with E-state index in [1.165, 1.54) is 6.07 Å². The molecular weight excluding hydrogens is 319 g/mol. The van der Waals surface area contributed by atoms with E-state index in [-0.39, 0.29) is 17.9 Å². The summed E-state index contributed by atoms with van der Waals surface area (Å²) in [5.74, 6) is 0.0816. The van der Waals surface area contributed by atoms with E-state index in [9.17, 15) is 9.18 Å². The SMILES string of the molecule is O=C(Nc1cccc2[nH]ncc12)N[C@@H]1CC[C@@H](c2cccc(F)c2)C1. The van der Waals surface area contributed by atoms with Gasteiger partial charge in [-0.3, -0.25) is 5.10 Å². The number of fused-ring (bicyclic) bond motifs is 1. The van der Waals surface area contributed by atoms with E-state index in [1.807, 2.05) is 24.3 Å². The lowest BCUT2D eigenvalue weighted by Gasteiger charge is -2.15. The molecule has 3 aromatic rings. The lowest BCUT2D eigenvalue weighted by molar-refractivity contribution is 0.248. The summed E-state index contributed by atoms with van der Waals surface area (Å²) in [5.41, 5.74) is 2.61. The summed E-state index contributed by atoms with van der Waals surface area (Å²) in [6.07, 6.45) is 4.36. The predicted molar refractivity (Wildman–Crippen MR) is 95.0 cm³/mol. The van der Waals surface area contributed by atoms with E-state index in [2.05, 4.69) is 20.8 Å². The van der Waals surface area contributed by atoms with Crippen LogP contribution in [-0.2, 0) is 0 Å². The standard InChI is InChI=1S/C19H19FN4O/c20-14-4-1-3-12(9-14)13-7-8-15(10-13)22-19(25)23-17-5-2-6-18-16(17)11-21-24-18/h1-6,9,11,13,15H,7-8,10H2,(H,21,24)(H2,22,23,25)/t13-,15-/m1/s1. The second-order valence-electron chi connectivity index (χ2n) is 6.50. The molecule has 1 aromatic heterocycles. The van der Waals surface area contributed by atoms with Crippen LogP contribution in [0.4, 0.5) is 14.9 Å². The van der Waals surface area contributed by atoms with Crippen molar-refractivity contribution in [3.63, 3.8) is 0 Å². The summed E-state index contributed by atoms with van der Waals surface area (Å²) >= 11 is 0. The fraction of sp³-hybridized carbons (Fsp3) is 0.263. The van der Waals surface area contributed by atoms with Crippen molar-refractivity contribution in [3.8, 4) is 0 Å². The van der Waals surface area contributed by atoms with Gasteiger partial charge in [-0.1, -0.05) is 18.2 Å². The number of H-pyrrole nitrogens is 1. The number of hydrogen-bond acceptors (Lipinski definition) is 2. The van der Waals surface area contributed by atoms with E-state index >= 15 is 0 Å². The summed E-state index contributed by atoms with van der Waals surface area (Å²) in [6, 6.07) is 12.2. The average Bonchev–Trinajstić information content (AvgIpc) is 3.24. The van der Waals surface area contributed by atoms with E-state index in [0.29, 0.717) is 5.92 Å². The van der Waals surface area contributed by atoms with Crippen LogP contribution < -0.4 is 10.6 Å². The number of urea groups is 1. The highest BCUT2D eigenvalue weighted by Gasteiger charge is 2.27. The van der Waals surface area contributed by atoms with E-state index in [4.69, 9.17) is 0 Å². The fourth-order valence-corrected chi connectivity index (χ4v) is 3.60. The molecule has 1 saturated carbocycles. The van der Waals surface area contributed by atoms with E-state index in [1.54, 1.807) is 18.3 Å². The summed E-state index contributed by atoms with van der Waals surface area (Å²) in [6.45, 7) is 0. The Labute approximate surface area is 144 Å². The van der Waals surface area contributed by atoms with E-state index in [0.717, 1.165) is 41.4 Å². The molecule has 2 atom stereocenters. The second kappa shape index (κ2) is 6.55. The van der Waals surface area contributed by atoms with Gasteiger partial charge in [0.25, 0.3) is 0 Å². The number of aromatic amines is 1. The Morgan fingerprint density at radius 2 is 2.08 bits per heavy atom. The topological polar surface area (TPSA) is 69.8 Å². The first-order valence-electron chi connectivity index (χ1n) is 8.44. The first kappa shape index (κ1) is 15.6. The van der Waals surface area contributed by atoms with Gasteiger partial charge in [-0.2, -0.15) is 5.10 Å². The molecule has 1 aliphatic rings. The number of nitrogens with zero attached hydrogens (tertiary/aromatic N) is 1. The molecule has 0 spiro atoms. The Morgan fingerprint density at radius 1 is 1.20 bits per heavy atom. The quantitative estimate of drug-likeness (QED) is 0.671. The molecule has 0 saturated heterocycles. The Balaban J connectivity index is 1.38. The Morgan fingerprint density at radius 3 is 2.96 bits per heavy atom. The molecule has 4 rings (SSSR count). The molecule has 0 radical (unpaired) electrons. The molecule has 1 fully saturated rings. The van der Waals surface area contributed by atoms with E-state index < -0.39 is 0 Å². The maximum absolute atomic E-state index is 13.4. The lowest BCUT2D eigenvalue weighted by atomic mass is 9.97. The molecule has 0 unspecified atom stereocenters. The highest BCUT2D eigenvalue weighted by Crippen LogP contribution is 2.34. The molecule has 0 bridgehead atoms. The first-order valence-corrected chi connectivity index (χ1v) is 8.44. The zero-order chi connectivity index (χ0) is 17.2. The van der Waals surface area contributed by atoms with Gasteiger partial charge in [0.1, 0.15) is 5.82 Å². The first-order chi connectivity index (χ1) is 12.2. The third-order valence-electron chi connectivity index (χ3n) is 4.82. The molecule has 2 aromatic carbocycles. The monoisotopic (exact) mass is 338 g/mol. The summed E-state index contributed by atoms with van der Waals surface area (Å²) in [7, 11) is 0. The van der Waals surface area contributed by atoms with Crippen LogP contribution >= 0.6 is 0 Å². The van der Waals surface area contributed by atoms with Gasteiger partial charge in [0.2, 0.25) is 0 Å². The van der Waals surface area contributed by atoms with Gasteiger partial charge in [-0.15, -0.1) is 0 Å². The largest absolute Gasteiger partial charge is 0.335 e. The highest BCUT2D eigenvalue weighted by atomic mass is 19.1. The van der Waals surface area contributed by atoms with Crippen molar-refractivity contribution in [1.82, 2.24) is 15.5 Å². The number of carbonyl (C=O) groups excluding carboxylic acids is 1. The maximum Gasteiger partial charge on any atom is 0.319 e. The van der Waals surface area contributed by atoms with Crippen molar-refractivity contribution < 1.29 is 9.18 Å². The molecule has 128 valence electrons. The predicted octanol–water partition coefficient (Wildman–Crippen LogP) is 4.16. The zero-order valence-electron chi connectivity index (χ0n) is 13.6. The van der Waals surface area contributed by atoms with Crippen molar-refractivity contribution >= 4 is 22.6 Å². The van der Waals surface area contributed by atoms with Crippen molar-refractivity contribution in [2.24, 2.45) is 0 Å². The molecule has 3 N–H and O–H groups in total. The summed E-state index contributed by atoms with van der Waals surface area (Å²) < 4.78 is 13.4. The van der Waals surface area contributed by atoms with Crippen LogP contribution in [0.2, 0.25) is 0 Å². The minimum atomic E-state index is -0.224. The van der Waals surface area contributed by atoms with Gasteiger partial charge in [0, 0.05) is 11.4 Å². The van der Waals surface area contributed by atoms with Crippen LogP contribution in [0, 0.1) is 5.82 Å². The Kier molecular flexibility index (Phi) is 4.09. The second-order valence-corrected chi connectivity index (χ2v) is 6.50. The summed E-state index contributed by atoms with van der Waals surface area (Å²) in [4.78, 5) is 12.3. The van der Waals surface area contributed by atoms with Gasteiger partial charge < -0.3 is 10.6 Å². The maximum atomic E-state index is 13.4. The van der Waals surface area contributed by atoms with Crippen molar-refractivity contribution in [2.45, 2.75) is 31.2 Å². The molecule has 1 aliphatic carbocycles. The molecular formula is C19H19FN4O. The molecule has 2 amide bonds. The molecule has 6 heteroatoms. The number of carbonyl (C=O) groups is 1. The van der Waals surface area contributed by atoms with Crippen molar-refractivity contribution in [2.75, 3.05) is 5.32 Å². The Bertz CT molecular complexity index is 907. The smallest absolute Gasteiger partial charge is 0.319 e. The number of halogens is 1. The number of hydrogen-bond donors (Lipinski definition) is 3. The summed E-state index contributed by atoms with van der Waals surface area (Å²) in [5, 5.41) is 13.7. The zero-order valence-corrected chi connectivity index (χ0v) is 13.6. The number of nitrogens with one attached hydrogen (secondary N) is 3. The van der Waals surface area contributed by atoms with Crippen molar-refractivity contribution in [1.29, 1.82) is 0 Å². The number of rotatable bonds is 3. The Hall–Kier alpha value is -2.89. The average molecular weight is 338 g/mol. The number of anilines is 1. The van der Waals surface area contributed by atoms with Gasteiger partial charge in [-0.05, 0) is 55.0 Å². The van der Waals surface area contributed by atoms with Crippen LogP contribution in [0.5, 0.6) is 0 Å². The molecule has 0 aliphatic heterocycles. The van der Waals surface area contributed by atoms with Gasteiger partial charge in [0.05, 0.1) is 17.4 Å². The van der Waals surface area contributed by atoms with Gasteiger partial charge in [0.15, 0.2) is 0 Å². The number of aromatic nitrogens is 2. The fourth-order valence-electron chi connectivity index (χ4n) is 3.60. The molecule has 1 heterocycles. The van der Waals surface area contributed by atoms with Gasteiger partial charge >= 0.3 is 6.03 Å². The number of benzene rings is 2. The third kappa shape index (κ3) is 3.33. The van der Waals surface area contributed by atoms with Gasteiger partial charge in [-0.25, -0.2) is 9.18 Å². The van der Waals surface area contributed by atoms with Crippen molar-refractivity contribution in [3.05, 3.63) is 60.0 Å². The minimum Gasteiger partial charge on any atom is -0.335 e. The highest BCUT2D eigenvalue weighted by molar-refractivity contribution is 6.00. The van der Waals surface area contributed by atoms with Crippen LogP contribution in [0.1, 0.15) is 30.7 Å². The number of amides is 2. The lowest BCUT2D eigenvalue weighted by Crippen LogP contribution is -2.36. The normalized spacial score (nSPS) is 19.9. The molecule has 5 nitrogen and oxygen atoms in total.